The zero-order valence-corrected chi connectivity index (χ0v) is 11.1. The minimum Gasteiger partial charge on any atom is -0.504 e. The van der Waals surface area contributed by atoms with Gasteiger partial charge in [0.2, 0.25) is 5.75 Å². The minimum absolute atomic E-state index is 0.356. The van der Waals surface area contributed by atoms with Crippen molar-refractivity contribution in [1.82, 2.24) is 4.98 Å². The molecule has 0 unspecified atom stereocenters. The van der Waals surface area contributed by atoms with Crippen LogP contribution >= 0.6 is 0 Å². The Kier molecular flexibility index (Phi) is 3.20. The standard InChI is InChI=1S/C17H13NO3/c19-15-9-7-13(16(20)17(15)21)12-6-8-14(18-10-12)11-4-2-1-3-5-11/h1-10,19-21H. The van der Waals surface area contributed by atoms with E-state index >= 15 is 0 Å². The second kappa shape index (κ2) is 5.17. The van der Waals surface area contributed by atoms with Crippen molar-refractivity contribution in [3.05, 3.63) is 60.8 Å². The van der Waals surface area contributed by atoms with Crippen LogP contribution in [0.4, 0.5) is 0 Å². The Labute approximate surface area is 121 Å². The molecule has 1 heterocycles. The number of aromatic nitrogens is 1. The lowest BCUT2D eigenvalue weighted by molar-refractivity contribution is 0.369. The van der Waals surface area contributed by atoms with Crippen molar-refractivity contribution in [2.45, 2.75) is 0 Å². The molecule has 0 aliphatic heterocycles. The van der Waals surface area contributed by atoms with Crippen LogP contribution in [0.5, 0.6) is 17.2 Å². The SMILES string of the molecule is Oc1ccc(-c2ccc(-c3ccccc3)nc2)c(O)c1O. The molecule has 0 bridgehead atoms. The minimum atomic E-state index is -0.528. The first-order valence-electron chi connectivity index (χ1n) is 6.42. The van der Waals surface area contributed by atoms with Crippen LogP contribution < -0.4 is 0 Å². The molecule has 0 aliphatic carbocycles. The van der Waals surface area contributed by atoms with Crippen molar-refractivity contribution in [1.29, 1.82) is 0 Å². The molecule has 0 fully saturated rings. The van der Waals surface area contributed by atoms with Crippen LogP contribution in [0, 0.1) is 0 Å². The summed E-state index contributed by atoms with van der Waals surface area (Å²) in [6.45, 7) is 0. The van der Waals surface area contributed by atoms with Crippen molar-refractivity contribution in [2.75, 3.05) is 0 Å². The first-order valence-corrected chi connectivity index (χ1v) is 6.42. The van der Waals surface area contributed by atoms with Gasteiger partial charge in [-0.2, -0.15) is 0 Å². The summed E-state index contributed by atoms with van der Waals surface area (Å²) in [7, 11) is 0. The van der Waals surface area contributed by atoms with Crippen molar-refractivity contribution in [3.8, 4) is 39.6 Å². The van der Waals surface area contributed by atoms with Crippen LogP contribution in [0.15, 0.2) is 60.8 Å². The first kappa shape index (κ1) is 13.0. The van der Waals surface area contributed by atoms with E-state index in [1.807, 2.05) is 36.4 Å². The van der Waals surface area contributed by atoms with Crippen LogP contribution in [-0.4, -0.2) is 20.3 Å². The predicted octanol–water partition coefficient (Wildman–Crippen LogP) is 3.53. The van der Waals surface area contributed by atoms with Gasteiger partial charge in [-0.3, -0.25) is 4.98 Å². The van der Waals surface area contributed by atoms with Gasteiger partial charge in [0.25, 0.3) is 0 Å². The highest BCUT2D eigenvalue weighted by molar-refractivity contribution is 5.75. The lowest BCUT2D eigenvalue weighted by atomic mass is 10.0. The lowest BCUT2D eigenvalue weighted by Crippen LogP contribution is -1.86. The van der Waals surface area contributed by atoms with Gasteiger partial charge in [-0.15, -0.1) is 0 Å². The number of phenolic OH excluding ortho intramolecular Hbond substituents is 3. The zero-order valence-electron chi connectivity index (χ0n) is 11.1. The molecular formula is C17H13NO3. The average molecular weight is 279 g/mol. The Morgan fingerprint density at radius 2 is 1.43 bits per heavy atom. The quantitative estimate of drug-likeness (QED) is 0.627. The highest BCUT2D eigenvalue weighted by Gasteiger charge is 2.12. The third kappa shape index (κ3) is 2.39. The molecule has 3 N–H and O–H groups in total. The highest BCUT2D eigenvalue weighted by atomic mass is 16.3. The van der Waals surface area contributed by atoms with E-state index in [2.05, 4.69) is 4.98 Å². The summed E-state index contributed by atoms with van der Waals surface area (Å²) < 4.78 is 0. The number of phenols is 3. The first-order chi connectivity index (χ1) is 10.2. The van der Waals surface area contributed by atoms with Crippen molar-refractivity contribution in [2.24, 2.45) is 0 Å². The Bertz CT molecular complexity index is 768. The van der Waals surface area contributed by atoms with Crippen LogP contribution in [-0.2, 0) is 0 Å². The molecule has 0 atom stereocenters. The molecule has 0 saturated heterocycles. The number of hydrogen-bond donors (Lipinski definition) is 3. The molecule has 104 valence electrons. The fourth-order valence-electron chi connectivity index (χ4n) is 2.13. The van der Waals surface area contributed by atoms with E-state index < -0.39 is 5.75 Å². The third-order valence-electron chi connectivity index (χ3n) is 3.27. The Balaban J connectivity index is 2.01. The average Bonchev–Trinajstić information content (AvgIpc) is 2.54. The van der Waals surface area contributed by atoms with E-state index in [0.717, 1.165) is 11.3 Å². The number of aromatic hydroxyl groups is 3. The van der Waals surface area contributed by atoms with Gasteiger partial charge in [-0.05, 0) is 18.2 Å². The molecular weight excluding hydrogens is 266 g/mol. The van der Waals surface area contributed by atoms with Crippen LogP contribution in [0.2, 0.25) is 0 Å². The summed E-state index contributed by atoms with van der Waals surface area (Å²) >= 11 is 0. The molecule has 3 rings (SSSR count). The van der Waals surface area contributed by atoms with E-state index in [0.29, 0.717) is 11.1 Å². The van der Waals surface area contributed by atoms with Gasteiger partial charge in [0.1, 0.15) is 0 Å². The molecule has 2 aromatic carbocycles. The maximum atomic E-state index is 9.88. The maximum Gasteiger partial charge on any atom is 0.200 e. The van der Waals surface area contributed by atoms with Crippen molar-refractivity contribution >= 4 is 0 Å². The van der Waals surface area contributed by atoms with Crippen molar-refractivity contribution in [3.63, 3.8) is 0 Å². The summed E-state index contributed by atoms with van der Waals surface area (Å²) in [6, 6.07) is 16.3. The summed E-state index contributed by atoms with van der Waals surface area (Å²) in [5.41, 5.74) is 2.89. The lowest BCUT2D eigenvalue weighted by Gasteiger charge is -2.08. The number of rotatable bonds is 2. The number of hydrogen-bond acceptors (Lipinski definition) is 4. The summed E-state index contributed by atoms with van der Waals surface area (Å²) in [5.74, 6) is -1.24. The van der Waals surface area contributed by atoms with Gasteiger partial charge in [0.15, 0.2) is 11.5 Å². The second-order valence-corrected chi connectivity index (χ2v) is 4.63. The molecule has 0 radical (unpaired) electrons. The number of benzene rings is 2. The second-order valence-electron chi connectivity index (χ2n) is 4.63. The molecule has 3 aromatic rings. The molecule has 4 heteroatoms. The van der Waals surface area contributed by atoms with Gasteiger partial charge in [-0.1, -0.05) is 36.4 Å². The Morgan fingerprint density at radius 1 is 0.667 bits per heavy atom. The molecule has 1 aromatic heterocycles. The van der Waals surface area contributed by atoms with Gasteiger partial charge < -0.3 is 15.3 Å². The summed E-state index contributed by atoms with van der Waals surface area (Å²) in [4.78, 5) is 4.36. The molecule has 0 amide bonds. The van der Waals surface area contributed by atoms with Crippen LogP contribution in [0.3, 0.4) is 0 Å². The Morgan fingerprint density at radius 3 is 2.10 bits per heavy atom. The van der Waals surface area contributed by atoms with E-state index in [9.17, 15) is 15.3 Å². The normalized spacial score (nSPS) is 10.5. The Hall–Kier alpha value is -3.01. The van der Waals surface area contributed by atoms with E-state index in [4.69, 9.17) is 0 Å². The third-order valence-corrected chi connectivity index (χ3v) is 3.27. The monoisotopic (exact) mass is 279 g/mol. The topological polar surface area (TPSA) is 73.6 Å². The van der Waals surface area contributed by atoms with Gasteiger partial charge in [-0.25, -0.2) is 0 Å². The number of nitrogens with zero attached hydrogens (tertiary/aromatic N) is 1. The largest absolute Gasteiger partial charge is 0.504 e. The number of pyridine rings is 1. The predicted molar refractivity (Wildman–Crippen MR) is 80.1 cm³/mol. The molecule has 0 saturated carbocycles. The fourth-order valence-corrected chi connectivity index (χ4v) is 2.13. The zero-order chi connectivity index (χ0) is 14.8. The van der Waals surface area contributed by atoms with Crippen LogP contribution in [0.25, 0.3) is 22.4 Å². The highest BCUT2D eigenvalue weighted by Crippen LogP contribution is 2.41. The van der Waals surface area contributed by atoms with Gasteiger partial charge in [0, 0.05) is 22.9 Å². The summed E-state index contributed by atoms with van der Waals surface area (Å²) in [6.07, 6.45) is 1.62. The van der Waals surface area contributed by atoms with E-state index in [-0.39, 0.29) is 11.5 Å². The smallest absolute Gasteiger partial charge is 0.200 e. The fraction of sp³-hybridized carbons (Fsp3) is 0. The van der Waals surface area contributed by atoms with Crippen molar-refractivity contribution < 1.29 is 15.3 Å². The maximum absolute atomic E-state index is 9.88. The van der Waals surface area contributed by atoms with Crippen LogP contribution in [0.1, 0.15) is 0 Å². The van der Waals surface area contributed by atoms with Gasteiger partial charge >= 0.3 is 0 Å². The molecule has 21 heavy (non-hydrogen) atoms. The molecule has 0 aliphatic rings. The van der Waals surface area contributed by atoms with Gasteiger partial charge in [0.05, 0.1) is 5.69 Å². The molecule has 4 nitrogen and oxygen atoms in total. The van der Waals surface area contributed by atoms with E-state index in [1.54, 1.807) is 12.3 Å². The summed E-state index contributed by atoms with van der Waals surface area (Å²) in [5, 5.41) is 28.8. The molecule has 0 spiro atoms. The van der Waals surface area contributed by atoms with E-state index in [1.165, 1.54) is 12.1 Å².